The fraction of sp³-hybridized carbons (Fsp3) is 0.882. The number of carbonyl (C=O) groups excluding carboxylic acids is 2. The smallest absolute Gasteiger partial charge is 0.410 e. The van der Waals surface area contributed by atoms with Gasteiger partial charge in [0, 0.05) is 19.0 Å². The Hall–Kier alpha value is -1.06. The van der Waals surface area contributed by atoms with Gasteiger partial charge in [0.2, 0.25) is 0 Å². The summed E-state index contributed by atoms with van der Waals surface area (Å²) in [7, 11) is 0. The van der Waals surface area contributed by atoms with E-state index in [9.17, 15) is 9.59 Å². The molecule has 0 aromatic heterocycles. The molecule has 1 aliphatic carbocycles. The van der Waals surface area contributed by atoms with Gasteiger partial charge in [-0.15, -0.1) is 0 Å². The molecule has 0 spiro atoms. The van der Waals surface area contributed by atoms with Crippen molar-refractivity contribution in [3.63, 3.8) is 0 Å². The van der Waals surface area contributed by atoms with Crippen molar-refractivity contribution in [2.75, 3.05) is 13.1 Å². The van der Waals surface area contributed by atoms with Crippen molar-refractivity contribution < 1.29 is 14.3 Å². The van der Waals surface area contributed by atoms with E-state index in [-0.39, 0.29) is 12.0 Å². The normalized spacial score (nSPS) is 33.0. The lowest BCUT2D eigenvalue weighted by Gasteiger charge is -2.34. The number of amides is 1. The lowest BCUT2D eigenvalue weighted by molar-refractivity contribution is -0.109. The highest BCUT2D eigenvalue weighted by molar-refractivity contribution is 5.68. The molecule has 0 N–H and O–H groups in total. The highest BCUT2D eigenvalue weighted by atomic mass is 16.6. The predicted octanol–water partition coefficient (Wildman–Crippen LogP) is 3.35. The fourth-order valence-corrected chi connectivity index (χ4v) is 3.90. The molecule has 4 heteroatoms. The van der Waals surface area contributed by atoms with Gasteiger partial charge in [0.15, 0.2) is 0 Å². The van der Waals surface area contributed by atoms with Gasteiger partial charge in [0.05, 0.1) is 0 Å². The Labute approximate surface area is 128 Å². The maximum absolute atomic E-state index is 12.2. The first kappa shape index (κ1) is 16.3. The number of carbonyl (C=O) groups is 2. The van der Waals surface area contributed by atoms with E-state index in [1.807, 2.05) is 25.7 Å². The quantitative estimate of drug-likeness (QED) is 0.750. The Balaban J connectivity index is 1.95. The molecule has 1 amide bonds. The van der Waals surface area contributed by atoms with Crippen molar-refractivity contribution in [2.45, 2.75) is 53.1 Å². The van der Waals surface area contributed by atoms with Crippen LogP contribution in [0.4, 0.5) is 4.79 Å². The summed E-state index contributed by atoms with van der Waals surface area (Å²) < 4.78 is 5.47. The SMILES string of the molecule is CC(C)[C@@H]1[C@H](C=O)[C@@H]1[C@@H]1CCCN(C(=O)OC(C)(C)C)C1. The van der Waals surface area contributed by atoms with Crippen LogP contribution in [0.2, 0.25) is 0 Å². The van der Waals surface area contributed by atoms with E-state index in [0.717, 1.165) is 32.2 Å². The van der Waals surface area contributed by atoms with Gasteiger partial charge in [-0.1, -0.05) is 13.8 Å². The Kier molecular flexibility index (Phi) is 4.64. The van der Waals surface area contributed by atoms with E-state index in [0.29, 0.717) is 23.7 Å². The van der Waals surface area contributed by atoms with Crippen molar-refractivity contribution in [1.29, 1.82) is 0 Å². The summed E-state index contributed by atoms with van der Waals surface area (Å²) in [6.45, 7) is 11.6. The van der Waals surface area contributed by atoms with Crippen LogP contribution in [0.1, 0.15) is 47.5 Å². The molecule has 21 heavy (non-hydrogen) atoms. The lowest BCUT2D eigenvalue weighted by Crippen LogP contribution is -2.43. The number of nitrogens with zero attached hydrogens (tertiary/aromatic N) is 1. The van der Waals surface area contributed by atoms with Crippen LogP contribution in [-0.4, -0.2) is 36.0 Å². The van der Waals surface area contributed by atoms with E-state index in [4.69, 9.17) is 4.74 Å². The molecular formula is C17H29NO3. The van der Waals surface area contributed by atoms with Crippen molar-refractivity contribution in [3.8, 4) is 0 Å². The highest BCUT2D eigenvalue weighted by Gasteiger charge is 2.55. The molecule has 1 heterocycles. The zero-order valence-electron chi connectivity index (χ0n) is 14.0. The third-order valence-corrected chi connectivity index (χ3v) is 4.77. The molecule has 0 aromatic rings. The van der Waals surface area contributed by atoms with Crippen molar-refractivity contribution in [2.24, 2.45) is 29.6 Å². The summed E-state index contributed by atoms with van der Waals surface area (Å²) in [6, 6.07) is 0. The van der Waals surface area contributed by atoms with Crippen LogP contribution in [-0.2, 0) is 9.53 Å². The third kappa shape index (κ3) is 3.78. The van der Waals surface area contributed by atoms with E-state index in [1.54, 1.807) is 0 Å². The Morgan fingerprint density at radius 3 is 2.48 bits per heavy atom. The van der Waals surface area contributed by atoms with Gasteiger partial charge >= 0.3 is 6.09 Å². The largest absolute Gasteiger partial charge is 0.444 e. The van der Waals surface area contributed by atoms with Crippen molar-refractivity contribution in [1.82, 2.24) is 4.90 Å². The number of rotatable bonds is 3. The molecule has 1 saturated heterocycles. The third-order valence-electron chi connectivity index (χ3n) is 4.77. The summed E-state index contributed by atoms with van der Waals surface area (Å²) in [5.74, 6) is 2.17. The van der Waals surface area contributed by atoms with Gasteiger partial charge in [-0.05, 0) is 57.3 Å². The van der Waals surface area contributed by atoms with Crippen LogP contribution in [0.25, 0.3) is 0 Å². The molecule has 2 rings (SSSR count). The fourth-order valence-electron chi connectivity index (χ4n) is 3.90. The molecule has 4 atom stereocenters. The summed E-state index contributed by atoms with van der Waals surface area (Å²) >= 11 is 0. The molecule has 0 aromatic carbocycles. The minimum Gasteiger partial charge on any atom is -0.444 e. The first-order valence-corrected chi connectivity index (χ1v) is 8.18. The molecule has 120 valence electrons. The van der Waals surface area contributed by atoms with Gasteiger partial charge in [-0.25, -0.2) is 4.79 Å². The number of likely N-dealkylation sites (tertiary alicyclic amines) is 1. The average molecular weight is 295 g/mol. The van der Waals surface area contributed by atoms with E-state index < -0.39 is 5.60 Å². The standard InChI is InChI=1S/C17H29NO3/c1-11(2)14-13(10-19)15(14)12-7-6-8-18(9-12)16(20)21-17(3,4)5/h10-15H,6-9H2,1-5H3/t12-,13+,14-,15+/m1/s1. The van der Waals surface area contributed by atoms with E-state index in [2.05, 4.69) is 13.8 Å². The van der Waals surface area contributed by atoms with Gasteiger partial charge in [-0.2, -0.15) is 0 Å². The first-order chi connectivity index (χ1) is 9.74. The molecule has 0 unspecified atom stereocenters. The molecule has 2 aliphatic rings. The van der Waals surface area contributed by atoms with Crippen LogP contribution in [0.5, 0.6) is 0 Å². The second-order valence-electron chi connectivity index (χ2n) is 7.94. The number of aldehydes is 1. The van der Waals surface area contributed by atoms with E-state index >= 15 is 0 Å². The Morgan fingerprint density at radius 1 is 1.33 bits per heavy atom. The molecule has 1 aliphatic heterocycles. The molecule has 4 nitrogen and oxygen atoms in total. The van der Waals surface area contributed by atoms with Gasteiger partial charge in [0.1, 0.15) is 11.9 Å². The first-order valence-electron chi connectivity index (χ1n) is 8.18. The molecule has 0 radical (unpaired) electrons. The number of hydrogen-bond acceptors (Lipinski definition) is 3. The summed E-state index contributed by atoms with van der Waals surface area (Å²) in [5.41, 5.74) is -0.449. The summed E-state index contributed by atoms with van der Waals surface area (Å²) in [6.07, 6.45) is 3.05. The monoisotopic (exact) mass is 295 g/mol. The predicted molar refractivity (Wildman–Crippen MR) is 81.9 cm³/mol. The van der Waals surface area contributed by atoms with Gasteiger partial charge in [-0.3, -0.25) is 0 Å². The molecule has 1 saturated carbocycles. The second-order valence-corrected chi connectivity index (χ2v) is 7.94. The van der Waals surface area contributed by atoms with Gasteiger partial charge < -0.3 is 14.4 Å². The zero-order chi connectivity index (χ0) is 15.8. The van der Waals surface area contributed by atoms with Crippen LogP contribution in [0.15, 0.2) is 0 Å². The van der Waals surface area contributed by atoms with E-state index in [1.165, 1.54) is 0 Å². The van der Waals surface area contributed by atoms with Crippen LogP contribution in [0, 0.1) is 29.6 Å². The Bertz CT molecular complexity index is 399. The average Bonchev–Trinajstić information content (AvgIpc) is 3.11. The number of piperidine rings is 1. The number of hydrogen-bond donors (Lipinski definition) is 0. The minimum atomic E-state index is -0.449. The second kappa shape index (κ2) is 5.98. The molecular weight excluding hydrogens is 266 g/mol. The minimum absolute atomic E-state index is 0.202. The Morgan fingerprint density at radius 2 is 2.00 bits per heavy atom. The van der Waals surface area contributed by atoms with Crippen LogP contribution in [0.3, 0.4) is 0 Å². The molecule has 2 fully saturated rings. The van der Waals surface area contributed by atoms with Crippen LogP contribution < -0.4 is 0 Å². The summed E-state index contributed by atoms with van der Waals surface area (Å²) in [4.78, 5) is 25.3. The van der Waals surface area contributed by atoms with Crippen molar-refractivity contribution >= 4 is 12.4 Å². The summed E-state index contributed by atoms with van der Waals surface area (Å²) in [5, 5.41) is 0. The van der Waals surface area contributed by atoms with Crippen molar-refractivity contribution in [3.05, 3.63) is 0 Å². The number of ether oxygens (including phenoxy) is 1. The lowest BCUT2D eigenvalue weighted by atomic mass is 9.90. The maximum atomic E-state index is 12.2. The topological polar surface area (TPSA) is 46.6 Å². The highest BCUT2D eigenvalue weighted by Crippen LogP contribution is 2.55. The molecule has 0 bridgehead atoms. The van der Waals surface area contributed by atoms with Crippen LogP contribution >= 0.6 is 0 Å². The zero-order valence-corrected chi connectivity index (χ0v) is 14.0. The maximum Gasteiger partial charge on any atom is 0.410 e. The van der Waals surface area contributed by atoms with Gasteiger partial charge in [0.25, 0.3) is 0 Å².